The fraction of sp³-hybridized carbons (Fsp3) is 0.571. The molecule has 2 atom stereocenters. The molecule has 6 heteroatoms. The van der Waals surface area contributed by atoms with Crippen molar-refractivity contribution in [3.8, 4) is 0 Å². The molecule has 0 aliphatic carbocycles. The molecule has 2 amide bonds. The van der Waals surface area contributed by atoms with E-state index in [1.54, 1.807) is 27.1 Å². The number of carbonyl (C=O) groups excluding carboxylic acids is 1. The molecule has 0 aromatic carbocycles. The Labute approximate surface area is 118 Å². The van der Waals surface area contributed by atoms with Crippen LogP contribution >= 0.6 is 0 Å². The zero-order valence-corrected chi connectivity index (χ0v) is 12.4. The summed E-state index contributed by atoms with van der Waals surface area (Å²) in [5, 5.41) is 14.7. The van der Waals surface area contributed by atoms with Crippen LogP contribution in [0.1, 0.15) is 25.8 Å². The molecule has 2 unspecified atom stereocenters. The van der Waals surface area contributed by atoms with Gasteiger partial charge in [-0.25, -0.2) is 4.79 Å². The predicted molar refractivity (Wildman–Crippen MR) is 78.9 cm³/mol. The number of pyridine rings is 1. The molecule has 0 radical (unpaired) electrons. The Balaban J connectivity index is 2.55. The van der Waals surface area contributed by atoms with E-state index in [0.29, 0.717) is 18.7 Å². The minimum absolute atomic E-state index is 0.112. The van der Waals surface area contributed by atoms with Gasteiger partial charge >= 0.3 is 6.03 Å². The Morgan fingerprint density at radius 1 is 1.45 bits per heavy atom. The molecule has 0 bridgehead atoms. The van der Waals surface area contributed by atoms with Crippen molar-refractivity contribution in [2.45, 2.75) is 33.3 Å². The lowest BCUT2D eigenvalue weighted by Gasteiger charge is -2.15. The topological polar surface area (TPSA) is 83.4 Å². The Morgan fingerprint density at radius 2 is 2.10 bits per heavy atom. The van der Waals surface area contributed by atoms with E-state index >= 15 is 0 Å². The highest BCUT2D eigenvalue weighted by Gasteiger charge is 2.09. The third kappa shape index (κ3) is 5.05. The number of hydrogen-bond donors (Lipinski definition) is 3. The molecule has 0 aliphatic heterocycles. The Hall–Kier alpha value is -1.82. The van der Waals surface area contributed by atoms with Crippen LogP contribution in [0.2, 0.25) is 0 Å². The number of aryl methyl sites for hydroxylation is 2. The molecule has 0 aliphatic rings. The number of carbonyl (C=O) groups is 1. The van der Waals surface area contributed by atoms with Gasteiger partial charge in [0.05, 0.1) is 11.8 Å². The lowest BCUT2D eigenvalue weighted by Crippen LogP contribution is -2.33. The minimum Gasteiger partial charge on any atom is -0.393 e. The molecule has 6 nitrogen and oxygen atoms in total. The van der Waals surface area contributed by atoms with Crippen LogP contribution in [0.5, 0.6) is 0 Å². The van der Waals surface area contributed by atoms with Crippen LogP contribution in [0.25, 0.3) is 0 Å². The summed E-state index contributed by atoms with van der Waals surface area (Å²) in [6.45, 7) is 5.95. The lowest BCUT2D eigenvalue weighted by molar-refractivity contribution is 0.163. The van der Waals surface area contributed by atoms with Gasteiger partial charge in [0, 0.05) is 25.9 Å². The summed E-state index contributed by atoms with van der Waals surface area (Å²) in [6, 6.07) is 1.16. The van der Waals surface area contributed by atoms with Crippen LogP contribution in [-0.4, -0.2) is 28.4 Å². The second-order valence-electron chi connectivity index (χ2n) is 5.34. The highest BCUT2D eigenvalue weighted by atomic mass is 16.3. The van der Waals surface area contributed by atoms with Crippen LogP contribution in [0.15, 0.2) is 17.1 Å². The number of urea groups is 1. The maximum absolute atomic E-state index is 11.8. The first-order valence-electron chi connectivity index (χ1n) is 6.69. The maximum Gasteiger partial charge on any atom is 0.319 e. The van der Waals surface area contributed by atoms with Gasteiger partial charge in [-0.3, -0.25) is 4.79 Å². The molecule has 3 N–H and O–H groups in total. The second kappa shape index (κ2) is 7.09. The summed E-state index contributed by atoms with van der Waals surface area (Å²) in [5.41, 5.74) is 1.21. The summed E-state index contributed by atoms with van der Waals surface area (Å²) in [4.78, 5) is 23.2. The van der Waals surface area contributed by atoms with Crippen LogP contribution < -0.4 is 16.2 Å². The van der Waals surface area contributed by atoms with E-state index in [2.05, 4.69) is 10.6 Å². The van der Waals surface area contributed by atoms with Gasteiger partial charge in [-0.15, -0.1) is 0 Å². The average Bonchev–Trinajstić information content (AvgIpc) is 2.32. The maximum atomic E-state index is 11.8. The SMILES string of the molecule is Cc1cc(=O)n(C)cc1NC(=O)NCC(C)CC(C)O. The van der Waals surface area contributed by atoms with Crippen LogP contribution in [0.4, 0.5) is 10.5 Å². The van der Waals surface area contributed by atoms with Crippen molar-refractivity contribution in [1.29, 1.82) is 0 Å². The smallest absolute Gasteiger partial charge is 0.319 e. The highest BCUT2D eigenvalue weighted by molar-refractivity contribution is 5.89. The molecule has 1 aromatic heterocycles. The number of anilines is 1. The van der Waals surface area contributed by atoms with Gasteiger partial charge in [-0.1, -0.05) is 6.92 Å². The third-order valence-electron chi connectivity index (χ3n) is 3.04. The van der Waals surface area contributed by atoms with Gasteiger partial charge in [0.25, 0.3) is 5.56 Å². The van der Waals surface area contributed by atoms with Crippen molar-refractivity contribution < 1.29 is 9.90 Å². The molecular formula is C14H23N3O3. The first-order valence-corrected chi connectivity index (χ1v) is 6.69. The molecular weight excluding hydrogens is 258 g/mol. The summed E-state index contributed by atoms with van der Waals surface area (Å²) in [5.74, 6) is 0.196. The summed E-state index contributed by atoms with van der Waals surface area (Å²) in [6.07, 6.45) is 1.86. The first-order chi connectivity index (χ1) is 9.29. The van der Waals surface area contributed by atoms with Crippen LogP contribution in [0.3, 0.4) is 0 Å². The molecule has 0 saturated heterocycles. The largest absolute Gasteiger partial charge is 0.393 e. The van der Waals surface area contributed by atoms with Gasteiger partial charge in [-0.05, 0) is 31.7 Å². The molecule has 20 heavy (non-hydrogen) atoms. The number of nitrogens with zero attached hydrogens (tertiary/aromatic N) is 1. The third-order valence-corrected chi connectivity index (χ3v) is 3.04. The molecule has 1 heterocycles. The fourth-order valence-electron chi connectivity index (χ4n) is 1.95. The highest BCUT2D eigenvalue weighted by Crippen LogP contribution is 2.10. The van der Waals surface area contributed by atoms with Crippen molar-refractivity contribution in [1.82, 2.24) is 9.88 Å². The van der Waals surface area contributed by atoms with Crippen LogP contribution in [-0.2, 0) is 7.05 Å². The summed E-state index contributed by atoms with van der Waals surface area (Å²) in [7, 11) is 1.63. The molecule has 0 fully saturated rings. The number of aliphatic hydroxyl groups excluding tert-OH is 1. The fourth-order valence-corrected chi connectivity index (χ4v) is 1.95. The van der Waals surface area contributed by atoms with E-state index in [9.17, 15) is 14.7 Å². The van der Waals surface area contributed by atoms with Crippen molar-refractivity contribution in [2.24, 2.45) is 13.0 Å². The van der Waals surface area contributed by atoms with Crippen molar-refractivity contribution in [2.75, 3.05) is 11.9 Å². The van der Waals surface area contributed by atoms with E-state index in [-0.39, 0.29) is 23.6 Å². The number of amides is 2. The van der Waals surface area contributed by atoms with E-state index < -0.39 is 0 Å². The van der Waals surface area contributed by atoms with Gasteiger partial charge in [0.15, 0.2) is 0 Å². The zero-order chi connectivity index (χ0) is 15.3. The van der Waals surface area contributed by atoms with Gasteiger partial charge in [-0.2, -0.15) is 0 Å². The van der Waals surface area contributed by atoms with E-state index in [1.165, 1.54) is 10.6 Å². The van der Waals surface area contributed by atoms with Crippen molar-refractivity contribution in [3.63, 3.8) is 0 Å². The van der Waals surface area contributed by atoms with E-state index in [1.807, 2.05) is 6.92 Å². The minimum atomic E-state index is -0.374. The first kappa shape index (κ1) is 16.2. The molecule has 1 aromatic rings. The Bertz CT molecular complexity index is 523. The van der Waals surface area contributed by atoms with E-state index in [4.69, 9.17) is 0 Å². The van der Waals surface area contributed by atoms with Gasteiger partial charge in [0.1, 0.15) is 0 Å². The van der Waals surface area contributed by atoms with Crippen molar-refractivity contribution in [3.05, 3.63) is 28.2 Å². The molecule has 0 spiro atoms. The molecule has 112 valence electrons. The van der Waals surface area contributed by atoms with Crippen molar-refractivity contribution >= 4 is 11.7 Å². The van der Waals surface area contributed by atoms with Crippen LogP contribution in [0, 0.1) is 12.8 Å². The Kier molecular flexibility index (Phi) is 5.76. The predicted octanol–water partition coefficient (Wildman–Crippen LogP) is 1.22. The Morgan fingerprint density at radius 3 is 2.70 bits per heavy atom. The number of rotatable bonds is 5. The monoisotopic (exact) mass is 281 g/mol. The van der Waals surface area contributed by atoms with Gasteiger partial charge in [0.2, 0.25) is 0 Å². The normalized spacial score (nSPS) is 13.7. The second-order valence-corrected chi connectivity index (χ2v) is 5.34. The lowest BCUT2D eigenvalue weighted by atomic mass is 10.1. The molecule has 1 rings (SSSR count). The standard InChI is InChI=1S/C14H23N3O3/c1-9(5-11(3)18)7-15-14(20)16-12-8-17(4)13(19)6-10(12)2/h6,8-9,11,18H,5,7H2,1-4H3,(H2,15,16,20). The quantitative estimate of drug-likeness (QED) is 0.759. The molecule has 0 saturated carbocycles. The number of aliphatic hydroxyl groups is 1. The number of nitrogens with one attached hydrogen (secondary N) is 2. The number of hydrogen-bond acceptors (Lipinski definition) is 3. The zero-order valence-electron chi connectivity index (χ0n) is 12.4. The average molecular weight is 281 g/mol. The van der Waals surface area contributed by atoms with Gasteiger partial charge < -0.3 is 20.3 Å². The summed E-state index contributed by atoms with van der Waals surface area (Å²) >= 11 is 0. The van der Waals surface area contributed by atoms with E-state index in [0.717, 1.165) is 5.56 Å². The number of aromatic nitrogens is 1. The summed E-state index contributed by atoms with van der Waals surface area (Å²) < 4.78 is 1.42.